The van der Waals surface area contributed by atoms with E-state index in [-0.39, 0.29) is 17.5 Å². The lowest BCUT2D eigenvalue weighted by molar-refractivity contribution is -0.141. The number of benzene rings is 2. The van der Waals surface area contributed by atoms with Crippen LogP contribution in [0.15, 0.2) is 42.2 Å². The van der Waals surface area contributed by atoms with Crippen LogP contribution < -0.4 is 4.74 Å². The first-order valence-corrected chi connectivity index (χ1v) is 10.4. The zero-order chi connectivity index (χ0) is 18.9. The van der Waals surface area contributed by atoms with Gasteiger partial charge < -0.3 is 4.74 Å². The summed E-state index contributed by atoms with van der Waals surface area (Å²) in [4.78, 5) is 21.8. The molecule has 0 saturated carbocycles. The van der Waals surface area contributed by atoms with Gasteiger partial charge in [-0.1, -0.05) is 45.7 Å². The highest BCUT2D eigenvalue weighted by Gasteiger charge is 2.27. The fraction of sp³-hybridized carbons (Fsp3) is 0.222. The molecule has 0 fully saturated rings. The lowest BCUT2D eigenvalue weighted by atomic mass is 9.78. The Kier molecular flexibility index (Phi) is 6.68. The van der Waals surface area contributed by atoms with Gasteiger partial charge in [0.25, 0.3) is 0 Å². The molecule has 0 amide bonds. The third-order valence-electron chi connectivity index (χ3n) is 4.02. The highest BCUT2D eigenvalue weighted by Crippen LogP contribution is 2.42. The van der Waals surface area contributed by atoms with Gasteiger partial charge in [0.15, 0.2) is 5.75 Å². The molecule has 132 valence electrons. The summed E-state index contributed by atoms with van der Waals surface area (Å²) >= 11 is 14.0. The van der Waals surface area contributed by atoms with Gasteiger partial charge in [-0.3, -0.25) is 4.79 Å². The molecule has 7 heteroatoms. The molecule has 0 aliphatic carbocycles. The Morgan fingerprint density at radius 2 is 1.32 bits per heavy atom. The van der Waals surface area contributed by atoms with Crippen LogP contribution in [-0.4, -0.2) is 12.3 Å². The molecule has 0 bridgehead atoms. The first kappa shape index (κ1) is 20.8. The lowest BCUT2D eigenvalue weighted by Gasteiger charge is -2.28. The van der Waals surface area contributed by atoms with Crippen LogP contribution in [0.1, 0.15) is 30.5 Å². The molecule has 0 N–H and O–H groups in total. The lowest BCUT2D eigenvalue weighted by Crippen LogP contribution is -2.20. The molecule has 0 heterocycles. The molecule has 2 aromatic rings. The number of hydrogen-bond acceptors (Lipinski definition) is 3. The second kappa shape index (κ2) is 8.03. The standard InChI is InChI=1S/C18H14Br4O3/c1-9-12(19)4-10(5-13(9)20)18(2,3)11-6-14(21)17(15(22)7-11)25-16(24)8-23/h4-8H,1-3H3. The van der Waals surface area contributed by atoms with Gasteiger partial charge in [0.1, 0.15) is 0 Å². The maximum atomic E-state index is 11.3. The highest BCUT2D eigenvalue weighted by atomic mass is 79.9. The van der Waals surface area contributed by atoms with Crippen molar-refractivity contribution in [3.63, 3.8) is 0 Å². The summed E-state index contributed by atoms with van der Waals surface area (Å²) in [5.74, 6) is -0.664. The van der Waals surface area contributed by atoms with Gasteiger partial charge in [-0.25, -0.2) is 4.79 Å². The van der Waals surface area contributed by atoms with E-state index in [2.05, 4.69) is 89.7 Å². The van der Waals surface area contributed by atoms with Gasteiger partial charge in [-0.2, -0.15) is 0 Å². The molecule has 0 saturated heterocycles. The number of carbonyl (C=O) groups excluding carboxylic acids is 2. The molecule has 25 heavy (non-hydrogen) atoms. The van der Waals surface area contributed by atoms with E-state index in [9.17, 15) is 9.59 Å². The van der Waals surface area contributed by atoms with E-state index in [0.29, 0.717) is 8.95 Å². The van der Waals surface area contributed by atoms with Crippen LogP contribution in [-0.2, 0) is 15.0 Å². The van der Waals surface area contributed by atoms with Crippen molar-refractivity contribution in [3.8, 4) is 5.75 Å². The summed E-state index contributed by atoms with van der Waals surface area (Å²) in [6.07, 6.45) is 0.137. The Hall–Kier alpha value is -0.500. The molecule has 0 aromatic heterocycles. The third-order valence-corrected chi connectivity index (χ3v) is 6.85. The fourth-order valence-corrected chi connectivity index (χ4v) is 4.85. The van der Waals surface area contributed by atoms with E-state index in [4.69, 9.17) is 4.74 Å². The number of ether oxygens (including phenoxy) is 1. The minimum absolute atomic E-state index is 0.137. The Balaban J connectivity index is 2.53. The third kappa shape index (κ3) is 4.43. The zero-order valence-corrected chi connectivity index (χ0v) is 20.0. The fourth-order valence-electron chi connectivity index (χ4n) is 2.32. The van der Waals surface area contributed by atoms with Crippen LogP contribution in [0.2, 0.25) is 0 Å². The summed E-state index contributed by atoms with van der Waals surface area (Å²) in [6.45, 7) is 6.26. The van der Waals surface area contributed by atoms with E-state index >= 15 is 0 Å². The van der Waals surface area contributed by atoms with Crippen LogP contribution in [0.4, 0.5) is 0 Å². The maximum Gasteiger partial charge on any atom is 0.376 e. The van der Waals surface area contributed by atoms with Crippen molar-refractivity contribution >= 4 is 76.0 Å². The monoisotopic (exact) mass is 594 g/mol. The number of halogens is 4. The van der Waals surface area contributed by atoms with Gasteiger partial charge in [0, 0.05) is 14.4 Å². The average Bonchev–Trinajstić information content (AvgIpc) is 2.54. The van der Waals surface area contributed by atoms with E-state index in [1.54, 1.807) is 0 Å². The average molecular weight is 598 g/mol. The van der Waals surface area contributed by atoms with Crippen LogP contribution >= 0.6 is 63.7 Å². The van der Waals surface area contributed by atoms with Crippen LogP contribution in [0.3, 0.4) is 0 Å². The molecule has 2 rings (SSSR count). The first-order valence-electron chi connectivity index (χ1n) is 7.20. The summed E-state index contributed by atoms with van der Waals surface area (Å²) < 4.78 is 8.27. The number of hydrogen-bond donors (Lipinski definition) is 0. The molecule has 3 nitrogen and oxygen atoms in total. The predicted molar refractivity (Wildman–Crippen MR) is 112 cm³/mol. The van der Waals surface area contributed by atoms with Gasteiger partial charge >= 0.3 is 5.97 Å². The molecule has 0 unspecified atom stereocenters. The topological polar surface area (TPSA) is 43.4 Å². The summed E-state index contributed by atoms with van der Waals surface area (Å²) in [7, 11) is 0. The molecule has 0 aliphatic heterocycles. The van der Waals surface area contributed by atoms with E-state index in [0.717, 1.165) is 25.6 Å². The summed E-state index contributed by atoms with van der Waals surface area (Å²) in [5, 5.41) is 0. The smallest absolute Gasteiger partial charge is 0.376 e. The van der Waals surface area contributed by atoms with Crippen LogP contribution in [0.25, 0.3) is 0 Å². The van der Waals surface area contributed by atoms with Gasteiger partial charge in [0.2, 0.25) is 6.29 Å². The highest BCUT2D eigenvalue weighted by molar-refractivity contribution is 9.11. The van der Waals surface area contributed by atoms with E-state index in [1.165, 1.54) is 0 Å². The number of rotatable bonds is 4. The minimum atomic E-state index is -0.945. The quantitative estimate of drug-likeness (QED) is 0.176. The van der Waals surface area contributed by atoms with Crippen molar-refractivity contribution < 1.29 is 14.3 Å². The number of carbonyl (C=O) groups is 2. The van der Waals surface area contributed by atoms with Gasteiger partial charge in [-0.15, -0.1) is 0 Å². The second-order valence-corrected chi connectivity index (χ2v) is 9.42. The normalized spacial score (nSPS) is 11.3. The van der Waals surface area contributed by atoms with Crippen molar-refractivity contribution in [1.29, 1.82) is 0 Å². The van der Waals surface area contributed by atoms with Gasteiger partial charge in [-0.05, 0) is 79.7 Å². The molecule has 0 radical (unpaired) electrons. The maximum absolute atomic E-state index is 11.3. The van der Waals surface area contributed by atoms with Crippen molar-refractivity contribution in [2.75, 3.05) is 0 Å². The van der Waals surface area contributed by atoms with Gasteiger partial charge in [0.05, 0.1) is 8.95 Å². The Morgan fingerprint density at radius 3 is 1.72 bits per heavy atom. The number of aldehydes is 1. The number of esters is 1. The molecule has 2 aromatic carbocycles. The van der Waals surface area contributed by atoms with Crippen LogP contribution in [0, 0.1) is 6.92 Å². The summed E-state index contributed by atoms with van der Waals surface area (Å²) in [5.41, 5.74) is 2.96. The van der Waals surface area contributed by atoms with Crippen molar-refractivity contribution in [2.45, 2.75) is 26.2 Å². The first-order chi connectivity index (χ1) is 11.6. The zero-order valence-electron chi connectivity index (χ0n) is 13.6. The van der Waals surface area contributed by atoms with Crippen molar-refractivity contribution in [1.82, 2.24) is 0 Å². The largest absolute Gasteiger partial charge is 0.419 e. The predicted octanol–water partition coefficient (Wildman–Crippen LogP) is 6.48. The van der Waals surface area contributed by atoms with Crippen molar-refractivity contribution in [3.05, 3.63) is 58.8 Å². The van der Waals surface area contributed by atoms with E-state index < -0.39 is 5.97 Å². The minimum Gasteiger partial charge on any atom is -0.419 e. The molecule has 0 aliphatic rings. The Morgan fingerprint density at radius 1 is 0.920 bits per heavy atom. The molecule has 0 atom stereocenters. The van der Waals surface area contributed by atoms with E-state index in [1.807, 2.05) is 19.1 Å². The van der Waals surface area contributed by atoms with Crippen LogP contribution in [0.5, 0.6) is 5.75 Å². The Bertz CT molecular complexity index is 813. The second-order valence-electron chi connectivity index (χ2n) is 6.00. The molecule has 0 spiro atoms. The van der Waals surface area contributed by atoms with Crippen molar-refractivity contribution in [2.24, 2.45) is 0 Å². The summed E-state index contributed by atoms with van der Waals surface area (Å²) in [6, 6.07) is 7.98. The SMILES string of the molecule is Cc1c(Br)cc(C(C)(C)c2cc(Br)c(OC(=O)C=O)c(Br)c2)cc1Br. The molecular weight excluding hydrogens is 584 g/mol. The Labute approximate surface area is 180 Å². The molecular formula is C18H14Br4O3.